The molecule has 2 aromatic carbocycles. The van der Waals surface area contributed by atoms with Gasteiger partial charge in [-0.3, -0.25) is 0 Å². The summed E-state index contributed by atoms with van der Waals surface area (Å²) >= 11 is 3.29. The molecule has 0 heterocycles. The molecule has 0 aliphatic rings. The maximum atomic E-state index is 13.9. The average molecular weight is 327 g/mol. The summed E-state index contributed by atoms with van der Waals surface area (Å²) < 4.78 is 28.6. The van der Waals surface area contributed by atoms with Crippen molar-refractivity contribution in [1.29, 1.82) is 0 Å². The summed E-state index contributed by atoms with van der Waals surface area (Å²) in [6.45, 7) is 1.69. The zero-order valence-corrected chi connectivity index (χ0v) is 11.9. The second kappa shape index (κ2) is 5.39. The first-order valence-corrected chi connectivity index (χ1v) is 6.71. The number of hydrogen-bond acceptors (Lipinski definition) is 1. The van der Waals surface area contributed by atoms with Gasteiger partial charge in [0, 0.05) is 4.47 Å². The first-order chi connectivity index (χ1) is 8.99. The Labute approximate surface area is 119 Å². The third kappa shape index (κ3) is 2.55. The van der Waals surface area contributed by atoms with Gasteiger partial charge in [-0.2, -0.15) is 0 Å². The van der Waals surface area contributed by atoms with E-state index in [9.17, 15) is 13.9 Å². The van der Waals surface area contributed by atoms with Gasteiger partial charge in [0.15, 0.2) is 0 Å². The monoisotopic (exact) mass is 326 g/mol. The van der Waals surface area contributed by atoms with Crippen LogP contribution in [0.1, 0.15) is 24.5 Å². The standard InChI is InChI=1S/C15H13BrF2O/c1-2-15(19,10-5-3-6-11(16)9-10)14-12(17)7-4-8-13(14)18/h3-9,19H,2H2,1H3. The van der Waals surface area contributed by atoms with Gasteiger partial charge in [0.25, 0.3) is 0 Å². The fraction of sp³-hybridized carbons (Fsp3) is 0.200. The first kappa shape index (κ1) is 14.2. The normalized spacial score (nSPS) is 14.2. The van der Waals surface area contributed by atoms with Gasteiger partial charge < -0.3 is 5.11 Å². The van der Waals surface area contributed by atoms with E-state index in [4.69, 9.17) is 0 Å². The van der Waals surface area contributed by atoms with Crippen LogP contribution in [-0.2, 0) is 5.60 Å². The number of halogens is 3. The fourth-order valence-corrected chi connectivity index (χ4v) is 2.56. The van der Waals surface area contributed by atoms with Crippen molar-refractivity contribution >= 4 is 15.9 Å². The van der Waals surface area contributed by atoms with Gasteiger partial charge in [0.1, 0.15) is 17.2 Å². The van der Waals surface area contributed by atoms with Crippen molar-refractivity contribution < 1.29 is 13.9 Å². The van der Waals surface area contributed by atoms with Crippen molar-refractivity contribution in [2.24, 2.45) is 0 Å². The lowest BCUT2D eigenvalue weighted by atomic mass is 9.83. The molecule has 2 aromatic rings. The van der Waals surface area contributed by atoms with Crippen molar-refractivity contribution in [1.82, 2.24) is 0 Å². The van der Waals surface area contributed by atoms with Crippen LogP contribution in [0.4, 0.5) is 8.78 Å². The van der Waals surface area contributed by atoms with E-state index >= 15 is 0 Å². The highest BCUT2D eigenvalue weighted by atomic mass is 79.9. The van der Waals surface area contributed by atoms with Crippen LogP contribution in [0.15, 0.2) is 46.9 Å². The maximum Gasteiger partial charge on any atom is 0.132 e. The molecule has 1 unspecified atom stereocenters. The lowest BCUT2D eigenvalue weighted by Crippen LogP contribution is -2.29. The highest BCUT2D eigenvalue weighted by Gasteiger charge is 2.35. The van der Waals surface area contributed by atoms with Crippen LogP contribution in [0.2, 0.25) is 0 Å². The third-order valence-electron chi connectivity index (χ3n) is 3.19. The second-order valence-electron chi connectivity index (χ2n) is 4.32. The predicted octanol–water partition coefficient (Wildman–Crippen LogP) is 4.37. The molecule has 0 spiro atoms. The minimum absolute atomic E-state index is 0.168. The Morgan fingerprint density at radius 3 is 2.21 bits per heavy atom. The van der Waals surface area contributed by atoms with Gasteiger partial charge in [-0.1, -0.05) is 41.1 Å². The van der Waals surface area contributed by atoms with Crippen LogP contribution in [0.3, 0.4) is 0 Å². The molecule has 4 heteroatoms. The summed E-state index contributed by atoms with van der Waals surface area (Å²) in [4.78, 5) is 0. The molecule has 1 nitrogen and oxygen atoms in total. The molecule has 0 radical (unpaired) electrons. The summed E-state index contributed by atoms with van der Waals surface area (Å²) in [5.74, 6) is -1.49. The Morgan fingerprint density at radius 2 is 1.68 bits per heavy atom. The predicted molar refractivity (Wildman–Crippen MR) is 73.8 cm³/mol. The Balaban J connectivity index is 2.67. The van der Waals surface area contributed by atoms with Gasteiger partial charge in [-0.05, 0) is 36.2 Å². The van der Waals surface area contributed by atoms with E-state index in [-0.39, 0.29) is 12.0 Å². The minimum atomic E-state index is -1.68. The molecular weight excluding hydrogens is 314 g/mol. The van der Waals surface area contributed by atoms with Crippen molar-refractivity contribution in [2.75, 3.05) is 0 Å². The molecule has 0 aliphatic heterocycles. The maximum absolute atomic E-state index is 13.9. The van der Waals surface area contributed by atoms with Crippen molar-refractivity contribution in [2.45, 2.75) is 18.9 Å². The molecule has 19 heavy (non-hydrogen) atoms. The minimum Gasteiger partial charge on any atom is -0.380 e. The summed E-state index contributed by atoms with van der Waals surface area (Å²) in [6.07, 6.45) is 0.168. The third-order valence-corrected chi connectivity index (χ3v) is 3.68. The molecule has 0 aromatic heterocycles. The van der Waals surface area contributed by atoms with Gasteiger partial charge >= 0.3 is 0 Å². The molecule has 0 amide bonds. The Hall–Kier alpha value is -1.26. The summed E-state index contributed by atoms with van der Waals surface area (Å²) in [5, 5.41) is 10.7. The Kier molecular flexibility index (Phi) is 4.02. The number of rotatable bonds is 3. The van der Waals surface area contributed by atoms with Crippen LogP contribution in [-0.4, -0.2) is 5.11 Å². The SMILES string of the molecule is CCC(O)(c1cccc(Br)c1)c1c(F)cccc1F. The van der Waals surface area contributed by atoms with Gasteiger partial charge in [0.2, 0.25) is 0 Å². The number of aliphatic hydroxyl groups is 1. The van der Waals surface area contributed by atoms with E-state index in [2.05, 4.69) is 15.9 Å². The van der Waals surface area contributed by atoms with Crippen LogP contribution < -0.4 is 0 Å². The van der Waals surface area contributed by atoms with Gasteiger partial charge in [0.05, 0.1) is 5.56 Å². The molecule has 2 rings (SSSR count). The van der Waals surface area contributed by atoms with Gasteiger partial charge in [-0.15, -0.1) is 0 Å². The average Bonchev–Trinajstić information content (AvgIpc) is 2.38. The smallest absolute Gasteiger partial charge is 0.132 e. The zero-order valence-electron chi connectivity index (χ0n) is 10.3. The topological polar surface area (TPSA) is 20.2 Å². The number of benzene rings is 2. The van der Waals surface area contributed by atoms with Crippen molar-refractivity contribution in [3.8, 4) is 0 Å². The molecular formula is C15H13BrF2O. The van der Waals surface area contributed by atoms with E-state index in [1.807, 2.05) is 0 Å². The summed E-state index contributed by atoms with van der Waals surface area (Å²) in [7, 11) is 0. The van der Waals surface area contributed by atoms with E-state index in [1.54, 1.807) is 31.2 Å². The second-order valence-corrected chi connectivity index (χ2v) is 5.24. The zero-order chi connectivity index (χ0) is 14.0. The fourth-order valence-electron chi connectivity index (χ4n) is 2.16. The summed E-state index contributed by atoms with van der Waals surface area (Å²) in [5.41, 5.74) is -1.54. The molecule has 0 bridgehead atoms. The van der Waals surface area contributed by atoms with E-state index in [0.29, 0.717) is 5.56 Å². The lowest BCUT2D eigenvalue weighted by Gasteiger charge is -2.29. The van der Waals surface area contributed by atoms with E-state index in [0.717, 1.165) is 16.6 Å². The first-order valence-electron chi connectivity index (χ1n) is 5.92. The highest BCUT2D eigenvalue weighted by molar-refractivity contribution is 9.10. The molecule has 1 N–H and O–H groups in total. The van der Waals surface area contributed by atoms with Crippen LogP contribution in [0.5, 0.6) is 0 Å². The molecule has 1 atom stereocenters. The van der Waals surface area contributed by atoms with Crippen molar-refractivity contribution in [3.05, 3.63) is 69.7 Å². The Bertz CT molecular complexity index is 580. The quantitative estimate of drug-likeness (QED) is 0.887. The molecule has 0 saturated carbocycles. The molecule has 0 saturated heterocycles. The highest BCUT2D eigenvalue weighted by Crippen LogP contribution is 2.36. The molecule has 0 fully saturated rings. The molecule has 100 valence electrons. The van der Waals surface area contributed by atoms with E-state index < -0.39 is 17.2 Å². The largest absolute Gasteiger partial charge is 0.380 e. The summed E-state index contributed by atoms with van der Waals surface area (Å²) in [6, 6.07) is 10.4. The van der Waals surface area contributed by atoms with Crippen molar-refractivity contribution in [3.63, 3.8) is 0 Å². The van der Waals surface area contributed by atoms with Gasteiger partial charge in [-0.25, -0.2) is 8.78 Å². The van der Waals surface area contributed by atoms with E-state index in [1.165, 1.54) is 6.07 Å². The van der Waals surface area contributed by atoms with Crippen LogP contribution in [0, 0.1) is 11.6 Å². The lowest BCUT2D eigenvalue weighted by molar-refractivity contribution is 0.0683. The van der Waals surface area contributed by atoms with Crippen LogP contribution in [0.25, 0.3) is 0 Å². The molecule has 0 aliphatic carbocycles. The Morgan fingerprint density at radius 1 is 1.11 bits per heavy atom. The van der Waals surface area contributed by atoms with Crippen LogP contribution >= 0.6 is 15.9 Å². The number of hydrogen-bond donors (Lipinski definition) is 1.